The normalized spacial score (nSPS) is 26.3. The van der Waals surface area contributed by atoms with Gasteiger partial charge < -0.3 is 10.1 Å². The fourth-order valence-electron chi connectivity index (χ4n) is 3.84. The zero-order chi connectivity index (χ0) is 17.3. The third kappa shape index (κ3) is 3.26. The van der Waals surface area contributed by atoms with Crippen LogP contribution in [0.4, 0.5) is 0 Å². The number of pyridine rings is 1. The lowest BCUT2D eigenvalue weighted by Gasteiger charge is -2.28. The van der Waals surface area contributed by atoms with E-state index < -0.39 is 0 Å². The number of aryl methyl sites for hydroxylation is 1. The standard InChI is InChI=1S/C18H22N4O2S/c1-13-11-25-16(21-13)9-22-7-5-18(12-22)14(8-20-17(18)23)10-24-15-4-2-3-6-19-15/h2-4,6,11,14H,5,7-10,12H2,1H3,(H,20,23)/t14-,18-/m0/s1. The quantitative estimate of drug-likeness (QED) is 0.884. The van der Waals surface area contributed by atoms with Crippen LogP contribution in [-0.4, -0.2) is 47.0 Å². The van der Waals surface area contributed by atoms with Gasteiger partial charge in [-0.2, -0.15) is 0 Å². The van der Waals surface area contributed by atoms with Crippen molar-refractivity contribution in [3.8, 4) is 5.88 Å². The molecule has 1 N–H and O–H groups in total. The molecule has 2 aliphatic rings. The van der Waals surface area contributed by atoms with E-state index in [0.717, 1.165) is 36.8 Å². The number of hydrogen-bond donors (Lipinski definition) is 1. The molecule has 7 heteroatoms. The van der Waals surface area contributed by atoms with Crippen molar-refractivity contribution in [3.05, 3.63) is 40.5 Å². The second-order valence-corrected chi connectivity index (χ2v) is 7.83. The molecule has 4 rings (SSSR count). The average molecular weight is 358 g/mol. The molecule has 2 fully saturated rings. The first kappa shape index (κ1) is 16.5. The van der Waals surface area contributed by atoms with E-state index in [1.54, 1.807) is 17.5 Å². The lowest BCUT2D eigenvalue weighted by molar-refractivity contribution is -0.128. The highest BCUT2D eigenvalue weighted by atomic mass is 32.1. The van der Waals surface area contributed by atoms with Crippen LogP contribution in [0.15, 0.2) is 29.8 Å². The van der Waals surface area contributed by atoms with Crippen LogP contribution < -0.4 is 10.1 Å². The smallest absolute Gasteiger partial charge is 0.228 e. The van der Waals surface area contributed by atoms with Crippen molar-refractivity contribution >= 4 is 17.2 Å². The molecule has 0 radical (unpaired) electrons. The van der Waals surface area contributed by atoms with Crippen molar-refractivity contribution in [1.29, 1.82) is 0 Å². The lowest BCUT2D eigenvalue weighted by atomic mass is 9.77. The van der Waals surface area contributed by atoms with Gasteiger partial charge in [-0.3, -0.25) is 9.69 Å². The van der Waals surface area contributed by atoms with Crippen LogP contribution in [0, 0.1) is 18.3 Å². The Bertz CT molecular complexity index is 751. The average Bonchev–Trinajstić information content (AvgIpc) is 3.30. The van der Waals surface area contributed by atoms with Crippen LogP contribution in [0.5, 0.6) is 5.88 Å². The maximum Gasteiger partial charge on any atom is 0.228 e. The molecule has 0 aliphatic carbocycles. The van der Waals surface area contributed by atoms with Crippen molar-refractivity contribution in [3.63, 3.8) is 0 Å². The molecule has 0 unspecified atom stereocenters. The lowest BCUT2D eigenvalue weighted by Crippen LogP contribution is -2.40. The first-order valence-corrected chi connectivity index (χ1v) is 9.49. The van der Waals surface area contributed by atoms with Gasteiger partial charge in [0.1, 0.15) is 5.01 Å². The molecule has 0 bridgehead atoms. The van der Waals surface area contributed by atoms with Crippen LogP contribution >= 0.6 is 11.3 Å². The predicted molar refractivity (Wildman–Crippen MR) is 95.4 cm³/mol. The molecule has 2 aromatic rings. The molecule has 1 spiro atoms. The Morgan fingerprint density at radius 3 is 3.16 bits per heavy atom. The summed E-state index contributed by atoms with van der Waals surface area (Å²) in [5, 5.41) is 6.24. The second kappa shape index (κ2) is 6.72. The number of thiazole rings is 1. The number of nitrogens with zero attached hydrogens (tertiary/aromatic N) is 3. The van der Waals surface area contributed by atoms with Gasteiger partial charge in [0, 0.05) is 42.3 Å². The van der Waals surface area contributed by atoms with E-state index >= 15 is 0 Å². The highest BCUT2D eigenvalue weighted by Gasteiger charge is 2.54. The molecule has 2 atom stereocenters. The number of nitrogens with one attached hydrogen (secondary N) is 1. The third-order valence-corrected chi connectivity index (χ3v) is 6.17. The van der Waals surface area contributed by atoms with Crippen molar-refractivity contribution < 1.29 is 9.53 Å². The Hall–Kier alpha value is -1.99. The number of amides is 1. The van der Waals surface area contributed by atoms with Gasteiger partial charge in [0.05, 0.1) is 18.6 Å². The van der Waals surface area contributed by atoms with E-state index in [2.05, 4.69) is 25.6 Å². The summed E-state index contributed by atoms with van der Waals surface area (Å²) in [6.45, 7) is 5.72. The van der Waals surface area contributed by atoms with Crippen molar-refractivity contribution in [1.82, 2.24) is 20.2 Å². The Morgan fingerprint density at radius 2 is 2.40 bits per heavy atom. The van der Waals surface area contributed by atoms with Gasteiger partial charge >= 0.3 is 0 Å². The fraction of sp³-hybridized carbons (Fsp3) is 0.500. The molecular weight excluding hydrogens is 336 g/mol. The minimum absolute atomic E-state index is 0.167. The minimum Gasteiger partial charge on any atom is -0.477 e. The van der Waals surface area contributed by atoms with Crippen molar-refractivity contribution in [2.24, 2.45) is 11.3 Å². The summed E-state index contributed by atoms with van der Waals surface area (Å²) in [5.74, 6) is 0.954. The molecule has 132 valence electrons. The number of carbonyl (C=O) groups is 1. The highest BCUT2D eigenvalue weighted by Crippen LogP contribution is 2.42. The molecule has 25 heavy (non-hydrogen) atoms. The second-order valence-electron chi connectivity index (χ2n) is 6.89. The Labute approximate surface area is 151 Å². The van der Waals surface area contributed by atoms with E-state index in [1.807, 2.05) is 25.1 Å². The molecule has 0 aromatic carbocycles. The van der Waals surface area contributed by atoms with Crippen LogP contribution in [-0.2, 0) is 11.3 Å². The highest BCUT2D eigenvalue weighted by molar-refractivity contribution is 7.09. The Kier molecular flexibility index (Phi) is 4.43. The minimum atomic E-state index is -0.346. The van der Waals surface area contributed by atoms with Gasteiger partial charge in [0.25, 0.3) is 0 Å². The number of rotatable bonds is 5. The van der Waals surface area contributed by atoms with E-state index in [9.17, 15) is 4.79 Å². The molecular formula is C18H22N4O2S. The number of carbonyl (C=O) groups excluding carboxylic acids is 1. The summed E-state index contributed by atoms with van der Waals surface area (Å²) in [5.41, 5.74) is 0.718. The number of ether oxygens (including phenoxy) is 1. The molecule has 4 heterocycles. The van der Waals surface area contributed by atoms with E-state index in [-0.39, 0.29) is 17.2 Å². The monoisotopic (exact) mass is 358 g/mol. The third-order valence-electron chi connectivity index (χ3n) is 5.22. The maximum atomic E-state index is 12.6. The van der Waals surface area contributed by atoms with Gasteiger partial charge in [0.15, 0.2) is 0 Å². The molecule has 0 saturated carbocycles. The first-order chi connectivity index (χ1) is 12.2. The van der Waals surface area contributed by atoms with Gasteiger partial charge in [-0.25, -0.2) is 9.97 Å². The Morgan fingerprint density at radius 1 is 1.48 bits per heavy atom. The summed E-state index contributed by atoms with van der Waals surface area (Å²) < 4.78 is 5.85. The van der Waals surface area contributed by atoms with Crippen LogP contribution in [0.1, 0.15) is 17.1 Å². The Balaban J connectivity index is 1.42. The van der Waals surface area contributed by atoms with Crippen LogP contribution in [0.25, 0.3) is 0 Å². The number of hydrogen-bond acceptors (Lipinski definition) is 6. The van der Waals surface area contributed by atoms with E-state index in [0.29, 0.717) is 19.0 Å². The number of aromatic nitrogens is 2. The van der Waals surface area contributed by atoms with E-state index in [1.165, 1.54) is 0 Å². The topological polar surface area (TPSA) is 67.4 Å². The fourth-order valence-corrected chi connectivity index (χ4v) is 4.66. The summed E-state index contributed by atoms with van der Waals surface area (Å²) >= 11 is 1.69. The number of likely N-dealkylation sites (tertiary alicyclic amines) is 1. The largest absolute Gasteiger partial charge is 0.477 e. The van der Waals surface area contributed by atoms with E-state index in [4.69, 9.17) is 4.74 Å². The summed E-state index contributed by atoms with van der Waals surface area (Å²) in [6.07, 6.45) is 2.59. The SMILES string of the molecule is Cc1csc(CN2CC[C@@]3(C2)C(=O)NC[C@H]3COc2ccccn2)n1. The first-order valence-electron chi connectivity index (χ1n) is 8.61. The zero-order valence-electron chi connectivity index (χ0n) is 14.3. The van der Waals surface area contributed by atoms with Gasteiger partial charge in [0.2, 0.25) is 11.8 Å². The van der Waals surface area contributed by atoms with Gasteiger partial charge in [-0.15, -0.1) is 11.3 Å². The van der Waals surface area contributed by atoms with Gasteiger partial charge in [-0.1, -0.05) is 6.07 Å². The van der Waals surface area contributed by atoms with Crippen molar-refractivity contribution in [2.75, 3.05) is 26.2 Å². The molecule has 1 amide bonds. The molecule has 2 aromatic heterocycles. The van der Waals surface area contributed by atoms with Crippen LogP contribution in [0.2, 0.25) is 0 Å². The maximum absolute atomic E-state index is 12.6. The van der Waals surface area contributed by atoms with Crippen LogP contribution in [0.3, 0.4) is 0 Å². The summed E-state index contributed by atoms with van der Waals surface area (Å²) in [7, 11) is 0. The van der Waals surface area contributed by atoms with Gasteiger partial charge in [-0.05, 0) is 26.0 Å². The molecule has 6 nitrogen and oxygen atoms in total. The summed E-state index contributed by atoms with van der Waals surface area (Å²) in [4.78, 5) is 23.7. The molecule has 2 saturated heterocycles. The van der Waals surface area contributed by atoms with Crippen molar-refractivity contribution in [2.45, 2.75) is 19.9 Å². The molecule has 2 aliphatic heterocycles. The zero-order valence-corrected chi connectivity index (χ0v) is 15.1. The predicted octanol–water partition coefficient (Wildman–Crippen LogP) is 1.86. The summed E-state index contributed by atoms with van der Waals surface area (Å²) in [6, 6.07) is 5.62.